The monoisotopic (exact) mass is 319 g/mol. The molecule has 0 spiro atoms. The first-order chi connectivity index (χ1) is 10.3. The van der Waals surface area contributed by atoms with Crippen LogP contribution in [0.4, 0.5) is 5.69 Å². The summed E-state index contributed by atoms with van der Waals surface area (Å²) < 4.78 is 5.21. The molecule has 0 bridgehead atoms. The van der Waals surface area contributed by atoms with E-state index in [2.05, 4.69) is 0 Å². The van der Waals surface area contributed by atoms with Crippen LogP contribution >= 0.6 is 11.6 Å². The molecular weight excluding hydrogens is 306 g/mol. The number of benzene rings is 2. The standard InChI is InChI=1S/C16H14ClNO4/c1-9-7-15(22-3)10(2)6-12(9)16(19)13-8-11(18(20)21)4-5-14(13)17/h4-8H,1-3H3. The Balaban J connectivity index is 2.55. The van der Waals surface area contributed by atoms with Crippen molar-refractivity contribution in [3.63, 3.8) is 0 Å². The maximum absolute atomic E-state index is 12.7. The Kier molecular flexibility index (Phi) is 4.47. The summed E-state index contributed by atoms with van der Waals surface area (Å²) in [5.74, 6) is 0.330. The summed E-state index contributed by atoms with van der Waals surface area (Å²) in [5.41, 5.74) is 1.91. The smallest absolute Gasteiger partial charge is 0.270 e. The molecule has 2 rings (SSSR count). The molecular formula is C16H14ClNO4. The van der Waals surface area contributed by atoms with E-state index in [9.17, 15) is 14.9 Å². The van der Waals surface area contributed by atoms with Crippen molar-refractivity contribution in [2.24, 2.45) is 0 Å². The van der Waals surface area contributed by atoms with Gasteiger partial charge in [-0.1, -0.05) is 11.6 Å². The van der Waals surface area contributed by atoms with Gasteiger partial charge in [0.2, 0.25) is 0 Å². The fourth-order valence-electron chi connectivity index (χ4n) is 2.20. The fourth-order valence-corrected chi connectivity index (χ4v) is 2.40. The van der Waals surface area contributed by atoms with Gasteiger partial charge in [-0.15, -0.1) is 0 Å². The normalized spacial score (nSPS) is 10.4. The maximum Gasteiger partial charge on any atom is 0.270 e. The number of halogens is 1. The molecule has 2 aromatic rings. The van der Waals surface area contributed by atoms with Crippen LogP contribution in [0, 0.1) is 24.0 Å². The van der Waals surface area contributed by atoms with Gasteiger partial charge in [-0.25, -0.2) is 0 Å². The minimum Gasteiger partial charge on any atom is -0.496 e. The Bertz CT molecular complexity index is 771. The molecule has 0 fully saturated rings. The Hall–Kier alpha value is -2.40. The minimum atomic E-state index is -0.556. The third-order valence-corrected chi connectivity index (χ3v) is 3.72. The van der Waals surface area contributed by atoms with Crippen LogP contribution in [0.25, 0.3) is 0 Å². The molecule has 2 aromatic carbocycles. The number of hydrogen-bond acceptors (Lipinski definition) is 4. The van der Waals surface area contributed by atoms with Crippen LogP contribution in [0.2, 0.25) is 5.02 Å². The molecule has 0 aliphatic carbocycles. The molecule has 114 valence electrons. The summed E-state index contributed by atoms with van der Waals surface area (Å²) in [5, 5.41) is 11.0. The van der Waals surface area contributed by atoms with Crippen molar-refractivity contribution < 1.29 is 14.5 Å². The lowest BCUT2D eigenvalue weighted by atomic mass is 9.96. The molecule has 0 aliphatic heterocycles. The highest BCUT2D eigenvalue weighted by Gasteiger charge is 2.19. The van der Waals surface area contributed by atoms with E-state index in [1.54, 1.807) is 26.2 Å². The molecule has 6 heteroatoms. The Morgan fingerprint density at radius 3 is 2.41 bits per heavy atom. The molecule has 0 heterocycles. The van der Waals surface area contributed by atoms with E-state index in [1.807, 2.05) is 6.92 Å². The van der Waals surface area contributed by atoms with E-state index in [4.69, 9.17) is 16.3 Å². The van der Waals surface area contributed by atoms with Gasteiger partial charge in [-0.05, 0) is 43.2 Å². The van der Waals surface area contributed by atoms with E-state index in [0.29, 0.717) is 11.3 Å². The van der Waals surface area contributed by atoms with Crippen molar-refractivity contribution in [3.05, 3.63) is 67.7 Å². The van der Waals surface area contributed by atoms with Gasteiger partial charge in [0.15, 0.2) is 5.78 Å². The largest absolute Gasteiger partial charge is 0.496 e. The average molecular weight is 320 g/mol. The lowest BCUT2D eigenvalue weighted by Crippen LogP contribution is -2.06. The summed E-state index contributed by atoms with van der Waals surface area (Å²) in [6, 6.07) is 7.28. The van der Waals surface area contributed by atoms with Crippen LogP contribution in [0.5, 0.6) is 5.75 Å². The molecule has 0 saturated carbocycles. The van der Waals surface area contributed by atoms with Gasteiger partial charge in [-0.2, -0.15) is 0 Å². The number of aryl methyl sites for hydroxylation is 2. The van der Waals surface area contributed by atoms with Crippen molar-refractivity contribution in [3.8, 4) is 5.75 Å². The summed E-state index contributed by atoms with van der Waals surface area (Å²) in [6.07, 6.45) is 0. The quantitative estimate of drug-likeness (QED) is 0.483. The van der Waals surface area contributed by atoms with Gasteiger partial charge < -0.3 is 4.74 Å². The lowest BCUT2D eigenvalue weighted by Gasteiger charge is -2.11. The number of rotatable bonds is 4. The molecule has 0 saturated heterocycles. The second-order valence-corrected chi connectivity index (χ2v) is 5.29. The first kappa shape index (κ1) is 16.0. The fraction of sp³-hybridized carbons (Fsp3) is 0.188. The van der Waals surface area contributed by atoms with Crippen molar-refractivity contribution in [2.45, 2.75) is 13.8 Å². The second-order valence-electron chi connectivity index (χ2n) is 4.89. The van der Waals surface area contributed by atoms with Crippen molar-refractivity contribution in [1.82, 2.24) is 0 Å². The average Bonchev–Trinajstić information content (AvgIpc) is 2.48. The number of hydrogen-bond donors (Lipinski definition) is 0. The molecule has 0 atom stereocenters. The predicted octanol–water partition coefficient (Wildman–Crippen LogP) is 4.10. The highest BCUT2D eigenvalue weighted by Crippen LogP contribution is 2.28. The molecule has 0 aromatic heterocycles. The molecule has 0 aliphatic rings. The van der Waals surface area contributed by atoms with Crippen LogP contribution in [-0.2, 0) is 0 Å². The summed E-state index contributed by atoms with van der Waals surface area (Å²) in [6.45, 7) is 3.60. The number of non-ortho nitro benzene ring substituents is 1. The summed E-state index contributed by atoms with van der Waals surface area (Å²) in [4.78, 5) is 23.0. The zero-order valence-corrected chi connectivity index (χ0v) is 13.1. The van der Waals surface area contributed by atoms with Gasteiger partial charge in [-0.3, -0.25) is 14.9 Å². The van der Waals surface area contributed by atoms with E-state index >= 15 is 0 Å². The van der Waals surface area contributed by atoms with Crippen LogP contribution in [0.15, 0.2) is 30.3 Å². The van der Waals surface area contributed by atoms with Gasteiger partial charge in [0.1, 0.15) is 5.75 Å². The van der Waals surface area contributed by atoms with E-state index in [0.717, 1.165) is 11.1 Å². The number of nitro groups is 1. The lowest BCUT2D eigenvalue weighted by molar-refractivity contribution is -0.384. The SMILES string of the molecule is COc1cc(C)c(C(=O)c2cc([N+](=O)[O-])ccc2Cl)cc1C. The topological polar surface area (TPSA) is 69.4 Å². The first-order valence-corrected chi connectivity index (χ1v) is 6.86. The van der Waals surface area contributed by atoms with Crippen LogP contribution in [0.1, 0.15) is 27.0 Å². The third kappa shape index (κ3) is 2.94. The molecule has 0 N–H and O–H groups in total. The van der Waals surface area contributed by atoms with Gasteiger partial charge in [0.05, 0.1) is 17.1 Å². The second kappa shape index (κ2) is 6.15. The Morgan fingerprint density at radius 1 is 1.14 bits per heavy atom. The van der Waals surface area contributed by atoms with E-state index in [-0.39, 0.29) is 22.1 Å². The molecule has 5 nitrogen and oxygen atoms in total. The number of nitrogens with zero attached hydrogens (tertiary/aromatic N) is 1. The Labute approximate surface area is 132 Å². The molecule has 22 heavy (non-hydrogen) atoms. The minimum absolute atomic E-state index is 0.114. The van der Waals surface area contributed by atoms with Crippen LogP contribution in [0.3, 0.4) is 0 Å². The van der Waals surface area contributed by atoms with Crippen LogP contribution < -0.4 is 4.74 Å². The van der Waals surface area contributed by atoms with Gasteiger partial charge in [0, 0.05) is 23.3 Å². The summed E-state index contributed by atoms with van der Waals surface area (Å²) >= 11 is 6.03. The first-order valence-electron chi connectivity index (χ1n) is 6.49. The molecule has 0 amide bonds. The zero-order chi connectivity index (χ0) is 16.4. The number of nitro benzene ring substituents is 1. The highest BCUT2D eigenvalue weighted by atomic mass is 35.5. The number of ether oxygens (including phenoxy) is 1. The summed E-state index contributed by atoms with van der Waals surface area (Å²) in [7, 11) is 1.56. The van der Waals surface area contributed by atoms with Crippen molar-refractivity contribution in [1.29, 1.82) is 0 Å². The molecule has 0 unspecified atom stereocenters. The number of carbonyl (C=O) groups is 1. The van der Waals surface area contributed by atoms with Gasteiger partial charge >= 0.3 is 0 Å². The number of methoxy groups -OCH3 is 1. The van der Waals surface area contributed by atoms with Crippen LogP contribution in [-0.4, -0.2) is 17.8 Å². The van der Waals surface area contributed by atoms with E-state index < -0.39 is 4.92 Å². The number of ketones is 1. The third-order valence-electron chi connectivity index (χ3n) is 3.39. The van der Waals surface area contributed by atoms with Crippen molar-refractivity contribution in [2.75, 3.05) is 7.11 Å². The van der Waals surface area contributed by atoms with Gasteiger partial charge in [0.25, 0.3) is 5.69 Å². The maximum atomic E-state index is 12.7. The predicted molar refractivity (Wildman–Crippen MR) is 84.0 cm³/mol. The van der Waals surface area contributed by atoms with E-state index in [1.165, 1.54) is 18.2 Å². The van der Waals surface area contributed by atoms with Crippen molar-refractivity contribution >= 4 is 23.1 Å². The zero-order valence-electron chi connectivity index (χ0n) is 12.3. The highest BCUT2D eigenvalue weighted by molar-refractivity contribution is 6.35. The molecule has 0 radical (unpaired) electrons. The number of carbonyl (C=O) groups excluding carboxylic acids is 1. The Morgan fingerprint density at radius 2 is 1.82 bits per heavy atom.